The molecule has 2 aromatic carbocycles. The standard InChI is InChI=1S/C23H29N3O4S/c1-17(2)30-19-13-11-18(12-14-19)16-25-22(27)10-4-3-7-15-24-23-20-8-5-6-9-21(20)31(28,29)26-23/h5-6,8-9,11-14,17H,3-4,7,10,15-16H2,1-2H3,(H,24,26)(H,25,27). The van der Waals surface area contributed by atoms with Crippen LogP contribution in [-0.2, 0) is 21.4 Å². The highest BCUT2D eigenvalue weighted by Gasteiger charge is 2.29. The van der Waals surface area contributed by atoms with Crippen LogP contribution in [0.25, 0.3) is 0 Å². The van der Waals surface area contributed by atoms with Crippen molar-refractivity contribution in [3.63, 3.8) is 0 Å². The summed E-state index contributed by atoms with van der Waals surface area (Å²) in [5, 5.41) is 2.93. The maximum atomic E-state index is 12.1. The first-order valence-electron chi connectivity index (χ1n) is 10.5. The molecule has 1 heterocycles. The zero-order valence-electron chi connectivity index (χ0n) is 17.9. The molecule has 1 aliphatic rings. The molecule has 0 saturated heterocycles. The van der Waals surface area contributed by atoms with E-state index in [4.69, 9.17) is 4.74 Å². The van der Waals surface area contributed by atoms with Gasteiger partial charge < -0.3 is 10.1 Å². The molecular weight excluding hydrogens is 414 g/mol. The second-order valence-corrected chi connectivity index (χ2v) is 9.38. The lowest BCUT2D eigenvalue weighted by Gasteiger charge is -2.10. The van der Waals surface area contributed by atoms with E-state index < -0.39 is 10.0 Å². The molecular formula is C23H29N3O4S. The van der Waals surface area contributed by atoms with E-state index >= 15 is 0 Å². The normalized spacial score (nSPS) is 15.5. The highest BCUT2D eigenvalue weighted by molar-refractivity contribution is 7.90. The van der Waals surface area contributed by atoms with Gasteiger partial charge in [-0.25, -0.2) is 8.42 Å². The molecule has 0 radical (unpaired) electrons. The first-order valence-corrected chi connectivity index (χ1v) is 12.0. The number of rotatable bonds is 10. The van der Waals surface area contributed by atoms with Crippen molar-refractivity contribution in [1.82, 2.24) is 10.0 Å². The number of carbonyl (C=O) groups excluding carboxylic acids is 1. The van der Waals surface area contributed by atoms with Crippen molar-refractivity contribution >= 4 is 21.8 Å². The third kappa shape index (κ3) is 6.55. The van der Waals surface area contributed by atoms with E-state index in [1.165, 1.54) is 0 Å². The van der Waals surface area contributed by atoms with E-state index in [1.54, 1.807) is 24.3 Å². The van der Waals surface area contributed by atoms with E-state index in [0.717, 1.165) is 30.6 Å². The minimum atomic E-state index is -3.49. The molecule has 2 aromatic rings. The van der Waals surface area contributed by atoms with E-state index in [0.29, 0.717) is 30.9 Å². The van der Waals surface area contributed by atoms with Gasteiger partial charge in [0.25, 0.3) is 10.0 Å². The lowest BCUT2D eigenvalue weighted by atomic mass is 10.1. The molecule has 0 aromatic heterocycles. The van der Waals surface area contributed by atoms with Crippen LogP contribution < -0.4 is 14.8 Å². The molecule has 0 atom stereocenters. The van der Waals surface area contributed by atoms with Crippen molar-refractivity contribution in [2.75, 3.05) is 6.54 Å². The summed E-state index contributed by atoms with van der Waals surface area (Å²) in [5.74, 6) is 1.24. The van der Waals surface area contributed by atoms with Crippen LogP contribution >= 0.6 is 0 Å². The molecule has 31 heavy (non-hydrogen) atoms. The number of aliphatic imine (C=N–C) groups is 1. The van der Waals surface area contributed by atoms with Crippen LogP contribution in [0.2, 0.25) is 0 Å². The molecule has 0 unspecified atom stereocenters. The molecule has 1 amide bonds. The summed E-state index contributed by atoms with van der Waals surface area (Å²) in [4.78, 5) is 16.7. The van der Waals surface area contributed by atoms with Gasteiger partial charge in [-0.3, -0.25) is 14.5 Å². The highest BCUT2D eigenvalue weighted by Crippen LogP contribution is 2.22. The van der Waals surface area contributed by atoms with Gasteiger partial charge in [-0.05, 0) is 56.5 Å². The maximum absolute atomic E-state index is 12.1. The topological polar surface area (TPSA) is 96.9 Å². The fraction of sp³-hybridized carbons (Fsp3) is 0.391. The Hall–Kier alpha value is -2.87. The molecule has 1 aliphatic heterocycles. The number of carbonyl (C=O) groups is 1. The number of ether oxygens (including phenoxy) is 1. The second-order valence-electron chi connectivity index (χ2n) is 7.73. The Morgan fingerprint density at radius 3 is 2.55 bits per heavy atom. The van der Waals surface area contributed by atoms with Crippen molar-refractivity contribution in [2.45, 2.75) is 57.1 Å². The van der Waals surface area contributed by atoms with E-state index in [2.05, 4.69) is 15.0 Å². The van der Waals surface area contributed by atoms with Gasteiger partial charge in [0.1, 0.15) is 11.6 Å². The van der Waals surface area contributed by atoms with Crippen molar-refractivity contribution in [3.05, 3.63) is 59.7 Å². The Morgan fingerprint density at radius 1 is 1.06 bits per heavy atom. The minimum Gasteiger partial charge on any atom is -0.491 e. The average molecular weight is 444 g/mol. The third-order valence-corrected chi connectivity index (χ3v) is 6.18. The molecule has 0 spiro atoms. The fourth-order valence-electron chi connectivity index (χ4n) is 3.26. The molecule has 2 N–H and O–H groups in total. The summed E-state index contributed by atoms with van der Waals surface area (Å²) in [5.41, 5.74) is 1.64. The SMILES string of the molecule is CC(C)Oc1ccc(CNC(=O)CCCCCN=C2NS(=O)(=O)c3ccccc32)cc1. The van der Waals surface area contributed by atoms with Crippen LogP contribution in [-0.4, -0.2) is 32.8 Å². The Morgan fingerprint density at radius 2 is 1.81 bits per heavy atom. The number of hydrogen-bond donors (Lipinski definition) is 2. The van der Waals surface area contributed by atoms with E-state index in [9.17, 15) is 13.2 Å². The van der Waals surface area contributed by atoms with E-state index in [1.807, 2.05) is 38.1 Å². The van der Waals surface area contributed by atoms with Gasteiger partial charge in [0, 0.05) is 25.1 Å². The predicted octanol–water partition coefficient (Wildman–Crippen LogP) is 3.39. The van der Waals surface area contributed by atoms with Crippen LogP contribution in [0.5, 0.6) is 5.75 Å². The summed E-state index contributed by atoms with van der Waals surface area (Å²) < 4.78 is 32.2. The van der Waals surface area contributed by atoms with Crippen LogP contribution in [0.15, 0.2) is 58.4 Å². The van der Waals surface area contributed by atoms with Gasteiger partial charge >= 0.3 is 0 Å². The number of sulfonamides is 1. The number of amides is 1. The summed E-state index contributed by atoms with van der Waals surface area (Å²) in [6.07, 6.45) is 2.99. The number of benzene rings is 2. The summed E-state index contributed by atoms with van der Waals surface area (Å²) in [6, 6.07) is 14.5. The smallest absolute Gasteiger partial charge is 0.263 e. The van der Waals surface area contributed by atoms with Gasteiger partial charge in [-0.1, -0.05) is 30.7 Å². The van der Waals surface area contributed by atoms with E-state index in [-0.39, 0.29) is 16.9 Å². The molecule has 166 valence electrons. The number of nitrogens with zero attached hydrogens (tertiary/aromatic N) is 1. The lowest BCUT2D eigenvalue weighted by molar-refractivity contribution is -0.121. The fourth-order valence-corrected chi connectivity index (χ4v) is 4.51. The first-order chi connectivity index (χ1) is 14.8. The Labute approximate surface area is 184 Å². The second kappa shape index (κ2) is 10.4. The Balaban J connectivity index is 1.33. The molecule has 0 bridgehead atoms. The number of nitrogens with one attached hydrogen (secondary N) is 2. The maximum Gasteiger partial charge on any atom is 0.263 e. The van der Waals surface area contributed by atoms with Crippen LogP contribution in [0.3, 0.4) is 0 Å². The van der Waals surface area contributed by atoms with Crippen LogP contribution in [0.4, 0.5) is 0 Å². The van der Waals surface area contributed by atoms with Crippen LogP contribution in [0, 0.1) is 0 Å². The molecule has 0 aliphatic carbocycles. The molecule has 0 fully saturated rings. The molecule has 0 saturated carbocycles. The quantitative estimate of drug-likeness (QED) is 0.550. The van der Waals surface area contributed by atoms with Gasteiger partial charge in [0.15, 0.2) is 0 Å². The Bertz CT molecular complexity index is 1030. The zero-order valence-corrected chi connectivity index (χ0v) is 18.7. The number of fused-ring (bicyclic) bond motifs is 1. The minimum absolute atomic E-state index is 0.0197. The summed E-state index contributed by atoms with van der Waals surface area (Å²) in [7, 11) is -3.49. The van der Waals surface area contributed by atoms with Gasteiger partial charge in [0.05, 0.1) is 11.0 Å². The average Bonchev–Trinajstić information content (AvgIpc) is 3.00. The Kier molecular flexibility index (Phi) is 7.68. The number of hydrogen-bond acceptors (Lipinski definition) is 5. The third-order valence-electron chi connectivity index (χ3n) is 4.78. The largest absolute Gasteiger partial charge is 0.491 e. The van der Waals surface area contributed by atoms with Gasteiger partial charge in [-0.15, -0.1) is 0 Å². The zero-order chi connectivity index (χ0) is 22.3. The summed E-state index contributed by atoms with van der Waals surface area (Å²) in [6.45, 7) is 4.97. The number of unbranched alkanes of at least 4 members (excludes halogenated alkanes) is 2. The molecule has 8 heteroatoms. The van der Waals surface area contributed by atoms with Crippen molar-refractivity contribution in [1.29, 1.82) is 0 Å². The number of amidine groups is 1. The van der Waals surface area contributed by atoms with Crippen molar-refractivity contribution in [3.8, 4) is 5.75 Å². The lowest BCUT2D eigenvalue weighted by Crippen LogP contribution is -2.22. The monoisotopic (exact) mass is 443 g/mol. The summed E-state index contributed by atoms with van der Waals surface area (Å²) >= 11 is 0. The van der Waals surface area contributed by atoms with Crippen LogP contribution in [0.1, 0.15) is 50.7 Å². The van der Waals surface area contributed by atoms with Crippen molar-refractivity contribution < 1.29 is 17.9 Å². The first kappa shape index (κ1) is 22.8. The van der Waals surface area contributed by atoms with Gasteiger partial charge in [0.2, 0.25) is 5.91 Å². The van der Waals surface area contributed by atoms with Crippen molar-refractivity contribution in [2.24, 2.45) is 4.99 Å². The predicted molar refractivity (Wildman–Crippen MR) is 121 cm³/mol. The van der Waals surface area contributed by atoms with Gasteiger partial charge in [-0.2, -0.15) is 0 Å². The highest BCUT2D eigenvalue weighted by atomic mass is 32.2. The molecule has 7 nitrogen and oxygen atoms in total. The molecule has 3 rings (SSSR count).